The second kappa shape index (κ2) is 7.02. The Balaban J connectivity index is 1.40. The summed E-state index contributed by atoms with van der Waals surface area (Å²) in [5.74, 6) is 2.62. The van der Waals surface area contributed by atoms with Crippen molar-refractivity contribution in [3.05, 3.63) is 29.2 Å². The van der Waals surface area contributed by atoms with Crippen LogP contribution in [0.15, 0.2) is 12.3 Å². The predicted octanol–water partition coefficient (Wildman–Crippen LogP) is 2.36. The predicted molar refractivity (Wildman–Crippen MR) is 99.7 cm³/mol. The monoisotopic (exact) mass is 345 g/mol. The lowest BCUT2D eigenvalue weighted by atomic mass is 10.0. The van der Waals surface area contributed by atoms with Crippen LogP contribution >= 0.6 is 11.8 Å². The fraction of sp³-hybridized carbons (Fsp3) is 0.667. The van der Waals surface area contributed by atoms with Crippen LogP contribution in [-0.4, -0.2) is 68.1 Å². The van der Waals surface area contributed by atoms with Crippen molar-refractivity contribution in [2.45, 2.75) is 39.3 Å². The lowest BCUT2D eigenvalue weighted by Crippen LogP contribution is -2.47. The zero-order valence-electron chi connectivity index (χ0n) is 14.7. The molecule has 2 fully saturated rings. The maximum atomic E-state index is 4.71. The van der Waals surface area contributed by atoms with E-state index in [1.807, 2.05) is 10.7 Å². The van der Waals surface area contributed by atoms with Crippen molar-refractivity contribution in [2.24, 2.45) is 0 Å². The van der Waals surface area contributed by atoms with Gasteiger partial charge in [0.1, 0.15) is 0 Å². The third kappa shape index (κ3) is 3.32. The first-order valence-electron chi connectivity index (χ1n) is 9.06. The van der Waals surface area contributed by atoms with Crippen molar-refractivity contribution in [3.63, 3.8) is 0 Å². The van der Waals surface area contributed by atoms with Crippen LogP contribution in [0.5, 0.6) is 0 Å². The summed E-state index contributed by atoms with van der Waals surface area (Å²) >= 11 is 2.10. The van der Waals surface area contributed by atoms with Gasteiger partial charge in [-0.1, -0.05) is 0 Å². The van der Waals surface area contributed by atoms with Gasteiger partial charge in [-0.3, -0.25) is 9.80 Å². The highest BCUT2D eigenvalue weighted by Crippen LogP contribution is 2.22. The number of likely N-dealkylation sites (tertiary alicyclic amines) is 1. The van der Waals surface area contributed by atoms with Gasteiger partial charge in [-0.05, 0) is 45.8 Å². The van der Waals surface area contributed by atoms with E-state index >= 15 is 0 Å². The smallest absolute Gasteiger partial charge is 0.159 e. The van der Waals surface area contributed by atoms with Gasteiger partial charge >= 0.3 is 0 Å². The Labute approximate surface area is 148 Å². The summed E-state index contributed by atoms with van der Waals surface area (Å²) in [6.07, 6.45) is 4.60. The molecule has 5 nitrogen and oxygen atoms in total. The molecule has 0 N–H and O–H groups in total. The fourth-order valence-corrected chi connectivity index (χ4v) is 4.98. The second-order valence-corrected chi connectivity index (χ2v) is 8.32. The minimum absolute atomic E-state index is 0.800. The normalized spacial score (nSPS) is 21.6. The van der Waals surface area contributed by atoms with Crippen LogP contribution < -0.4 is 0 Å². The zero-order chi connectivity index (χ0) is 16.5. The van der Waals surface area contributed by atoms with E-state index in [4.69, 9.17) is 4.98 Å². The molecule has 0 atom stereocenters. The molecule has 2 aliphatic heterocycles. The molecule has 6 heteroatoms. The molecular weight excluding hydrogens is 318 g/mol. The van der Waals surface area contributed by atoms with Gasteiger partial charge in [0.25, 0.3) is 0 Å². The first-order valence-corrected chi connectivity index (χ1v) is 10.2. The van der Waals surface area contributed by atoms with Crippen molar-refractivity contribution >= 4 is 17.4 Å². The SMILES string of the molecule is Cc1cc(C)n2ncc(CN3CCC(N4CCSCC4)CC3)c2n1. The summed E-state index contributed by atoms with van der Waals surface area (Å²) in [6, 6.07) is 2.89. The van der Waals surface area contributed by atoms with Gasteiger partial charge in [-0.2, -0.15) is 16.9 Å². The van der Waals surface area contributed by atoms with E-state index in [0.29, 0.717) is 0 Å². The number of aromatic nitrogens is 3. The quantitative estimate of drug-likeness (QED) is 0.854. The highest BCUT2D eigenvalue weighted by molar-refractivity contribution is 7.99. The van der Waals surface area contributed by atoms with Crippen molar-refractivity contribution < 1.29 is 0 Å². The van der Waals surface area contributed by atoms with Crippen molar-refractivity contribution in [1.29, 1.82) is 0 Å². The Morgan fingerprint density at radius 3 is 2.62 bits per heavy atom. The van der Waals surface area contributed by atoms with E-state index in [0.717, 1.165) is 29.6 Å². The molecular formula is C18H27N5S. The molecule has 130 valence electrons. The van der Waals surface area contributed by atoms with Gasteiger partial charge in [0.15, 0.2) is 5.65 Å². The zero-order valence-corrected chi connectivity index (χ0v) is 15.6. The van der Waals surface area contributed by atoms with Crippen LogP contribution in [0.2, 0.25) is 0 Å². The topological polar surface area (TPSA) is 36.7 Å². The van der Waals surface area contributed by atoms with Crippen molar-refractivity contribution in [1.82, 2.24) is 24.4 Å². The van der Waals surface area contributed by atoms with E-state index in [1.165, 1.54) is 56.1 Å². The largest absolute Gasteiger partial charge is 0.299 e. The third-order valence-corrected chi connectivity index (χ3v) is 6.31. The van der Waals surface area contributed by atoms with E-state index in [2.05, 4.69) is 46.6 Å². The van der Waals surface area contributed by atoms with E-state index < -0.39 is 0 Å². The first-order chi connectivity index (χ1) is 11.7. The van der Waals surface area contributed by atoms with Crippen LogP contribution in [0.1, 0.15) is 29.8 Å². The number of fused-ring (bicyclic) bond motifs is 1. The molecule has 2 aromatic heterocycles. The second-order valence-electron chi connectivity index (χ2n) is 7.10. The number of piperidine rings is 1. The van der Waals surface area contributed by atoms with Gasteiger partial charge in [0.2, 0.25) is 0 Å². The van der Waals surface area contributed by atoms with Gasteiger partial charge in [0.05, 0.1) is 6.20 Å². The summed E-state index contributed by atoms with van der Waals surface area (Å²) in [5.41, 5.74) is 4.52. The molecule has 24 heavy (non-hydrogen) atoms. The average molecular weight is 346 g/mol. The van der Waals surface area contributed by atoms with Crippen LogP contribution in [0, 0.1) is 13.8 Å². The number of aryl methyl sites for hydroxylation is 2. The van der Waals surface area contributed by atoms with E-state index in [9.17, 15) is 0 Å². The Morgan fingerprint density at radius 2 is 1.88 bits per heavy atom. The molecule has 0 bridgehead atoms. The van der Waals surface area contributed by atoms with Gasteiger partial charge in [-0.25, -0.2) is 9.50 Å². The molecule has 4 rings (SSSR count). The molecule has 0 aliphatic carbocycles. The molecule has 2 saturated heterocycles. The standard InChI is InChI=1S/C18H27N5S/c1-14-11-15(2)23-18(20-14)16(12-19-23)13-21-5-3-17(4-6-21)22-7-9-24-10-8-22/h11-12,17H,3-10,13H2,1-2H3. The van der Waals surface area contributed by atoms with Crippen LogP contribution in [0.25, 0.3) is 5.65 Å². The van der Waals surface area contributed by atoms with E-state index in [-0.39, 0.29) is 0 Å². The molecule has 2 aromatic rings. The maximum Gasteiger partial charge on any atom is 0.159 e. The summed E-state index contributed by atoms with van der Waals surface area (Å²) in [5, 5.41) is 4.53. The van der Waals surface area contributed by atoms with Crippen LogP contribution in [0.3, 0.4) is 0 Å². The molecule has 2 aliphatic rings. The fourth-order valence-electron chi connectivity index (χ4n) is 4.05. The molecule has 0 amide bonds. The maximum absolute atomic E-state index is 4.71. The molecule has 0 aromatic carbocycles. The third-order valence-electron chi connectivity index (χ3n) is 5.36. The Hall–Kier alpha value is -1.11. The summed E-state index contributed by atoms with van der Waals surface area (Å²) in [4.78, 5) is 10.0. The average Bonchev–Trinajstić information content (AvgIpc) is 2.99. The van der Waals surface area contributed by atoms with Gasteiger partial charge < -0.3 is 0 Å². The number of rotatable bonds is 3. The molecule has 0 radical (unpaired) electrons. The summed E-state index contributed by atoms with van der Waals surface area (Å²) in [6.45, 7) is 10.1. The molecule has 0 spiro atoms. The lowest BCUT2D eigenvalue weighted by molar-refractivity contribution is 0.112. The van der Waals surface area contributed by atoms with Crippen molar-refractivity contribution in [3.8, 4) is 0 Å². The molecule has 4 heterocycles. The highest BCUT2D eigenvalue weighted by atomic mass is 32.2. The number of nitrogens with zero attached hydrogens (tertiary/aromatic N) is 5. The van der Waals surface area contributed by atoms with E-state index in [1.54, 1.807) is 0 Å². The summed E-state index contributed by atoms with van der Waals surface area (Å²) < 4.78 is 1.97. The van der Waals surface area contributed by atoms with Gasteiger partial charge in [-0.15, -0.1) is 0 Å². The molecule has 0 saturated carbocycles. The van der Waals surface area contributed by atoms with Crippen LogP contribution in [0.4, 0.5) is 0 Å². The number of hydrogen-bond donors (Lipinski definition) is 0. The summed E-state index contributed by atoms with van der Waals surface area (Å²) in [7, 11) is 0. The number of thioether (sulfide) groups is 1. The van der Waals surface area contributed by atoms with Crippen molar-refractivity contribution in [2.75, 3.05) is 37.7 Å². The Morgan fingerprint density at radius 1 is 1.12 bits per heavy atom. The number of hydrogen-bond acceptors (Lipinski definition) is 5. The highest BCUT2D eigenvalue weighted by Gasteiger charge is 2.26. The van der Waals surface area contributed by atoms with Crippen LogP contribution in [-0.2, 0) is 6.54 Å². The van der Waals surface area contributed by atoms with Gasteiger partial charge in [0, 0.05) is 54.1 Å². The first kappa shape index (κ1) is 16.4. The lowest BCUT2D eigenvalue weighted by Gasteiger charge is -2.40. The Bertz CT molecular complexity index is 699. The minimum atomic E-state index is 0.800. The minimum Gasteiger partial charge on any atom is -0.299 e. The Kier molecular flexibility index (Phi) is 4.79. The molecule has 0 unspecified atom stereocenters.